The first-order chi connectivity index (χ1) is 8.57. The van der Waals surface area contributed by atoms with Gasteiger partial charge in [0.1, 0.15) is 11.4 Å². The van der Waals surface area contributed by atoms with E-state index in [-0.39, 0.29) is 0 Å². The molecule has 1 aliphatic rings. The summed E-state index contributed by atoms with van der Waals surface area (Å²) in [5, 5.41) is 10.9. The van der Waals surface area contributed by atoms with Gasteiger partial charge < -0.3 is 14.6 Å². The summed E-state index contributed by atoms with van der Waals surface area (Å²) in [5.74, 6) is 0.843. The lowest BCUT2D eigenvalue weighted by atomic mass is 9.94. The summed E-state index contributed by atoms with van der Waals surface area (Å²) in [5.41, 5.74) is -0.747. The van der Waals surface area contributed by atoms with Crippen molar-refractivity contribution in [1.82, 2.24) is 14.5 Å². The Morgan fingerprint density at radius 3 is 2.83 bits per heavy atom. The number of hydrogen-bond acceptors (Lipinski definition) is 3. The van der Waals surface area contributed by atoms with Crippen molar-refractivity contribution in [1.29, 1.82) is 0 Å². The maximum Gasteiger partial charge on any atom is 0.140 e. The Balaban J connectivity index is 2.16. The van der Waals surface area contributed by atoms with Gasteiger partial charge in [0.2, 0.25) is 0 Å². The van der Waals surface area contributed by atoms with Gasteiger partial charge in [-0.25, -0.2) is 4.98 Å². The number of aromatic nitrogens is 2. The Hall–Kier alpha value is -0.870. The SMILES string of the molecule is CCn1ccnc1C1(O)CCCN(C(C)C)CC1. The van der Waals surface area contributed by atoms with Gasteiger partial charge in [-0.05, 0) is 46.6 Å². The third-order valence-electron chi connectivity index (χ3n) is 4.05. The average Bonchev–Trinajstić information content (AvgIpc) is 2.73. The highest BCUT2D eigenvalue weighted by atomic mass is 16.3. The minimum atomic E-state index is -0.747. The van der Waals surface area contributed by atoms with E-state index in [4.69, 9.17) is 0 Å². The van der Waals surface area contributed by atoms with Crippen LogP contribution in [-0.4, -0.2) is 38.7 Å². The zero-order valence-corrected chi connectivity index (χ0v) is 11.8. The van der Waals surface area contributed by atoms with E-state index in [9.17, 15) is 5.11 Å². The molecule has 2 rings (SSSR count). The first-order valence-corrected chi connectivity index (χ1v) is 7.05. The van der Waals surface area contributed by atoms with Crippen molar-refractivity contribution in [3.05, 3.63) is 18.2 Å². The molecule has 0 aliphatic carbocycles. The lowest BCUT2D eigenvalue weighted by Gasteiger charge is -2.28. The first kappa shape index (κ1) is 13.6. The van der Waals surface area contributed by atoms with Gasteiger partial charge >= 0.3 is 0 Å². The summed E-state index contributed by atoms with van der Waals surface area (Å²) in [6.45, 7) is 9.42. The summed E-state index contributed by atoms with van der Waals surface area (Å²) in [6, 6.07) is 0.554. The van der Waals surface area contributed by atoms with Gasteiger partial charge in [0.25, 0.3) is 0 Å². The molecule has 4 heteroatoms. The molecule has 1 unspecified atom stereocenters. The van der Waals surface area contributed by atoms with Crippen LogP contribution in [0.4, 0.5) is 0 Å². The molecule has 1 aromatic heterocycles. The summed E-state index contributed by atoms with van der Waals surface area (Å²) in [4.78, 5) is 6.83. The molecule has 1 aliphatic heterocycles. The van der Waals surface area contributed by atoms with Crippen LogP contribution in [0.2, 0.25) is 0 Å². The third-order valence-corrected chi connectivity index (χ3v) is 4.05. The zero-order chi connectivity index (χ0) is 13.2. The van der Waals surface area contributed by atoms with Crippen molar-refractivity contribution in [3.8, 4) is 0 Å². The minimum Gasteiger partial charge on any atom is -0.382 e. The maximum absolute atomic E-state index is 10.9. The fourth-order valence-electron chi connectivity index (χ4n) is 2.85. The number of aryl methyl sites for hydroxylation is 1. The van der Waals surface area contributed by atoms with Crippen molar-refractivity contribution in [2.45, 2.75) is 58.2 Å². The summed E-state index contributed by atoms with van der Waals surface area (Å²) >= 11 is 0. The van der Waals surface area contributed by atoms with E-state index in [1.54, 1.807) is 6.20 Å². The molecule has 1 N–H and O–H groups in total. The largest absolute Gasteiger partial charge is 0.382 e. The topological polar surface area (TPSA) is 41.3 Å². The van der Waals surface area contributed by atoms with E-state index in [0.717, 1.165) is 44.7 Å². The molecular weight excluding hydrogens is 226 g/mol. The number of hydrogen-bond donors (Lipinski definition) is 1. The first-order valence-electron chi connectivity index (χ1n) is 7.05. The molecule has 1 atom stereocenters. The predicted octanol–water partition coefficient (Wildman–Crippen LogP) is 1.98. The molecule has 1 aromatic rings. The zero-order valence-electron chi connectivity index (χ0n) is 11.8. The van der Waals surface area contributed by atoms with Gasteiger partial charge in [-0.1, -0.05) is 0 Å². The number of rotatable bonds is 3. The number of aliphatic hydroxyl groups is 1. The van der Waals surface area contributed by atoms with E-state index in [1.807, 2.05) is 6.20 Å². The van der Waals surface area contributed by atoms with Gasteiger partial charge in [-0.3, -0.25) is 0 Å². The Bertz CT molecular complexity index is 388. The fourth-order valence-corrected chi connectivity index (χ4v) is 2.85. The second kappa shape index (κ2) is 5.41. The molecule has 18 heavy (non-hydrogen) atoms. The van der Waals surface area contributed by atoms with Crippen LogP contribution in [0.1, 0.15) is 45.9 Å². The normalized spacial score (nSPS) is 26.5. The molecule has 4 nitrogen and oxygen atoms in total. The number of likely N-dealkylation sites (tertiary alicyclic amines) is 1. The molecule has 1 saturated heterocycles. The molecule has 1 fully saturated rings. The standard InChI is InChI=1S/C14H25N3O/c1-4-16-11-8-15-13(16)14(18)6-5-9-17(10-7-14)12(2)3/h8,11-12,18H,4-7,9-10H2,1-3H3. The van der Waals surface area contributed by atoms with Crippen molar-refractivity contribution in [2.24, 2.45) is 0 Å². The minimum absolute atomic E-state index is 0.554. The molecule has 102 valence electrons. The van der Waals surface area contributed by atoms with Crippen LogP contribution >= 0.6 is 0 Å². The van der Waals surface area contributed by atoms with Gasteiger partial charge in [0.05, 0.1) is 0 Å². The smallest absolute Gasteiger partial charge is 0.140 e. The van der Waals surface area contributed by atoms with Crippen molar-refractivity contribution in [3.63, 3.8) is 0 Å². The van der Waals surface area contributed by atoms with Crippen LogP contribution in [0.3, 0.4) is 0 Å². The Labute approximate surface area is 110 Å². The van der Waals surface area contributed by atoms with E-state index in [0.29, 0.717) is 6.04 Å². The Morgan fingerprint density at radius 1 is 1.39 bits per heavy atom. The quantitative estimate of drug-likeness (QED) is 0.893. The molecule has 0 bridgehead atoms. The highest BCUT2D eigenvalue weighted by molar-refractivity contribution is 5.06. The van der Waals surface area contributed by atoms with Crippen LogP contribution in [0.15, 0.2) is 12.4 Å². The summed E-state index contributed by atoms with van der Waals surface area (Å²) in [6.07, 6.45) is 6.38. The van der Waals surface area contributed by atoms with Crippen molar-refractivity contribution in [2.75, 3.05) is 13.1 Å². The van der Waals surface area contributed by atoms with Gasteiger partial charge in [-0.2, -0.15) is 0 Å². The highest BCUT2D eigenvalue weighted by Crippen LogP contribution is 2.32. The van der Waals surface area contributed by atoms with E-state index in [1.165, 1.54) is 0 Å². The monoisotopic (exact) mass is 251 g/mol. The second-order valence-corrected chi connectivity index (χ2v) is 5.55. The number of nitrogens with zero attached hydrogens (tertiary/aromatic N) is 3. The summed E-state index contributed by atoms with van der Waals surface area (Å²) < 4.78 is 2.06. The van der Waals surface area contributed by atoms with E-state index < -0.39 is 5.60 Å². The highest BCUT2D eigenvalue weighted by Gasteiger charge is 2.35. The second-order valence-electron chi connectivity index (χ2n) is 5.55. The summed E-state index contributed by atoms with van der Waals surface area (Å²) in [7, 11) is 0. The van der Waals surface area contributed by atoms with Gasteiger partial charge in [0, 0.05) is 31.5 Å². The molecule has 0 radical (unpaired) electrons. The molecular formula is C14H25N3O. The Kier molecular flexibility index (Phi) is 4.07. The van der Waals surface area contributed by atoms with E-state index >= 15 is 0 Å². The van der Waals surface area contributed by atoms with Crippen LogP contribution in [0, 0.1) is 0 Å². The average molecular weight is 251 g/mol. The van der Waals surface area contributed by atoms with Crippen molar-refractivity contribution >= 4 is 0 Å². The maximum atomic E-state index is 10.9. The Morgan fingerprint density at radius 2 is 2.17 bits per heavy atom. The van der Waals surface area contributed by atoms with Crippen LogP contribution in [-0.2, 0) is 12.1 Å². The van der Waals surface area contributed by atoms with Crippen molar-refractivity contribution < 1.29 is 5.11 Å². The van der Waals surface area contributed by atoms with Crippen LogP contribution < -0.4 is 0 Å². The molecule has 2 heterocycles. The van der Waals surface area contributed by atoms with E-state index in [2.05, 4.69) is 35.2 Å². The molecule has 0 aromatic carbocycles. The van der Waals surface area contributed by atoms with Crippen LogP contribution in [0.5, 0.6) is 0 Å². The lowest BCUT2D eigenvalue weighted by molar-refractivity contribution is 0.00848. The lowest BCUT2D eigenvalue weighted by Crippen LogP contribution is -2.34. The predicted molar refractivity (Wildman–Crippen MR) is 72.4 cm³/mol. The third kappa shape index (κ3) is 2.59. The number of imidazole rings is 1. The van der Waals surface area contributed by atoms with Crippen LogP contribution in [0.25, 0.3) is 0 Å². The molecule has 0 amide bonds. The fraction of sp³-hybridized carbons (Fsp3) is 0.786. The van der Waals surface area contributed by atoms with Gasteiger partial charge in [-0.15, -0.1) is 0 Å². The molecule has 0 spiro atoms. The van der Waals surface area contributed by atoms with Gasteiger partial charge in [0.15, 0.2) is 0 Å². The molecule has 0 saturated carbocycles.